The van der Waals surface area contributed by atoms with Crippen molar-refractivity contribution in [2.75, 3.05) is 11.3 Å². The van der Waals surface area contributed by atoms with E-state index < -0.39 is 10.0 Å². The molecule has 0 aromatic heterocycles. The Morgan fingerprint density at radius 2 is 1.85 bits per heavy atom. The summed E-state index contributed by atoms with van der Waals surface area (Å²) in [6, 6.07) is 13.8. The lowest BCUT2D eigenvalue weighted by Crippen LogP contribution is -2.12. The second kappa shape index (κ2) is 5.20. The van der Waals surface area contributed by atoms with Crippen molar-refractivity contribution in [3.05, 3.63) is 58.6 Å². The average molecular weight is 354 g/mol. The van der Waals surface area contributed by atoms with E-state index in [1.165, 1.54) is 0 Å². The number of halogens is 1. The maximum absolute atomic E-state index is 12.3. The van der Waals surface area contributed by atoms with Crippen LogP contribution in [-0.4, -0.2) is 15.0 Å². The molecule has 104 valence electrons. The molecule has 2 aromatic carbocycles. The van der Waals surface area contributed by atoms with Crippen molar-refractivity contribution in [2.24, 2.45) is 0 Å². The lowest BCUT2D eigenvalue weighted by Gasteiger charge is -2.09. The molecule has 0 amide bonds. The predicted molar refractivity (Wildman–Crippen MR) is 80.1 cm³/mol. The van der Waals surface area contributed by atoms with Gasteiger partial charge in [-0.2, -0.15) is 0 Å². The molecular formula is C14H12BrNO3S. The highest BCUT2D eigenvalue weighted by Gasteiger charge is 2.25. The Morgan fingerprint density at radius 1 is 1.15 bits per heavy atom. The van der Waals surface area contributed by atoms with E-state index in [1.54, 1.807) is 36.4 Å². The predicted octanol–water partition coefficient (Wildman–Crippen LogP) is 3.32. The number of rotatable bonds is 4. The van der Waals surface area contributed by atoms with E-state index >= 15 is 0 Å². The number of hydrogen-bond acceptors (Lipinski definition) is 3. The van der Waals surface area contributed by atoms with Gasteiger partial charge in [-0.15, -0.1) is 0 Å². The molecule has 1 N–H and O–H groups in total. The topological polar surface area (TPSA) is 58.7 Å². The van der Waals surface area contributed by atoms with Crippen LogP contribution in [0.5, 0.6) is 0 Å². The van der Waals surface area contributed by atoms with Gasteiger partial charge in [0.2, 0.25) is 0 Å². The fourth-order valence-corrected chi connectivity index (χ4v) is 3.18. The second-order valence-corrected chi connectivity index (χ2v) is 7.10. The Morgan fingerprint density at radius 3 is 2.50 bits per heavy atom. The normalized spacial score (nSPS) is 17.8. The molecule has 0 spiro atoms. The van der Waals surface area contributed by atoms with E-state index in [-0.39, 0.29) is 11.0 Å². The van der Waals surface area contributed by atoms with Crippen molar-refractivity contribution in [3.63, 3.8) is 0 Å². The van der Waals surface area contributed by atoms with Gasteiger partial charge in [-0.05, 0) is 42.0 Å². The fourth-order valence-electron chi connectivity index (χ4n) is 1.87. The molecule has 1 aliphatic rings. The maximum Gasteiger partial charge on any atom is 0.261 e. The standard InChI is InChI=1S/C14H12BrNO3S/c15-11-4-6-13(7-5-11)20(17,18)16-12-3-1-2-10(8-12)14-9-19-14/h1-8,14,16H,9H2. The lowest BCUT2D eigenvalue weighted by molar-refractivity contribution is 0.415. The number of sulfonamides is 1. The largest absolute Gasteiger partial charge is 0.368 e. The van der Waals surface area contributed by atoms with Crippen molar-refractivity contribution < 1.29 is 13.2 Å². The molecule has 3 rings (SSSR count). The first kappa shape index (κ1) is 13.6. The van der Waals surface area contributed by atoms with Crippen LogP contribution >= 0.6 is 15.9 Å². The second-order valence-electron chi connectivity index (χ2n) is 4.51. The summed E-state index contributed by atoms with van der Waals surface area (Å²) in [5.74, 6) is 0. The minimum absolute atomic E-state index is 0.104. The van der Waals surface area contributed by atoms with Gasteiger partial charge in [-0.3, -0.25) is 4.72 Å². The molecule has 0 bridgehead atoms. The van der Waals surface area contributed by atoms with E-state index in [1.807, 2.05) is 12.1 Å². The van der Waals surface area contributed by atoms with Gasteiger partial charge < -0.3 is 4.74 Å². The summed E-state index contributed by atoms with van der Waals surface area (Å²) in [7, 11) is -3.56. The third-order valence-corrected chi connectivity index (χ3v) is 4.89. The summed E-state index contributed by atoms with van der Waals surface area (Å²) >= 11 is 3.28. The molecule has 0 aliphatic carbocycles. The van der Waals surface area contributed by atoms with Crippen LogP contribution in [0.2, 0.25) is 0 Å². The Labute approximate surface area is 126 Å². The van der Waals surface area contributed by atoms with Crippen molar-refractivity contribution in [1.29, 1.82) is 0 Å². The first-order chi connectivity index (χ1) is 9.54. The SMILES string of the molecule is O=S(=O)(Nc1cccc(C2CO2)c1)c1ccc(Br)cc1. The summed E-state index contributed by atoms with van der Waals surface area (Å²) in [4.78, 5) is 0.230. The molecule has 0 saturated carbocycles. The number of nitrogens with one attached hydrogen (secondary N) is 1. The Hall–Kier alpha value is -1.37. The van der Waals surface area contributed by atoms with Gasteiger partial charge in [-0.25, -0.2) is 8.42 Å². The number of benzene rings is 2. The molecule has 1 aliphatic heterocycles. The first-order valence-corrected chi connectivity index (χ1v) is 8.32. The molecule has 0 radical (unpaired) electrons. The number of ether oxygens (including phenoxy) is 1. The van der Waals surface area contributed by atoms with Crippen molar-refractivity contribution in [3.8, 4) is 0 Å². The van der Waals surface area contributed by atoms with E-state index in [0.717, 1.165) is 10.0 Å². The van der Waals surface area contributed by atoms with Crippen LogP contribution in [0, 0.1) is 0 Å². The highest BCUT2D eigenvalue weighted by Crippen LogP contribution is 2.31. The highest BCUT2D eigenvalue weighted by molar-refractivity contribution is 9.10. The molecule has 2 aromatic rings. The van der Waals surface area contributed by atoms with E-state index in [9.17, 15) is 8.42 Å². The van der Waals surface area contributed by atoms with Crippen molar-refractivity contribution >= 4 is 31.6 Å². The lowest BCUT2D eigenvalue weighted by atomic mass is 10.1. The molecule has 4 nitrogen and oxygen atoms in total. The van der Waals surface area contributed by atoms with Crippen LogP contribution in [0.1, 0.15) is 11.7 Å². The summed E-state index contributed by atoms with van der Waals surface area (Å²) in [5, 5.41) is 0. The number of hydrogen-bond donors (Lipinski definition) is 1. The Kier molecular flexibility index (Phi) is 3.54. The summed E-state index contributed by atoms with van der Waals surface area (Å²) in [6.07, 6.45) is 0.104. The summed E-state index contributed by atoms with van der Waals surface area (Å²) < 4.78 is 33.1. The van der Waals surface area contributed by atoms with Crippen LogP contribution in [0.15, 0.2) is 57.9 Å². The van der Waals surface area contributed by atoms with Crippen LogP contribution in [-0.2, 0) is 14.8 Å². The molecule has 1 heterocycles. The van der Waals surface area contributed by atoms with Crippen molar-refractivity contribution in [1.82, 2.24) is 0 Å². The molecular weight excluding hydrogens is 342 g/mol. The van der Waals surface area contributed by atoms with E-state index in [0.29, 0.717) is 12.3 Å². The monoisotopic (exact) mass is 353 g/mol. The van der Waals surface area contributed by atoms with Gasteiger partial charge in [0.25, 0.3) is 10.0 Å². The van der Waals surface area contributed by atoms with Gasteiger partial charge in [0.05, 0.1) is 11.5 Å². The quantitative estimate of drug-likeness (QED) is 0.857. The zero-order valence-electron chi connectivity index (χ0n) is 10.4. The van der Waals surface area contributed by atoms with Gasteiger partial charge in [0, 0.05) is 10.2 Å². The molecule has 1 saturated heterocycles. The van der Waals surface area contributed by atoms with Crippen molar-refractivity contribution in [2.45, 2.75) is 11.0 Å². The van der Waals surface area contributed by atoms with Gasteiger partial charge in [0.15, 0.2) is 0 Å². The van der Waals surface area contributed by atoms with Crippen LogP contribution in [0.3, 0.4) is 0 Å². The maximum atomic E-state index is 12.3. The van der Waals surface area contributed by atoms with Crippen LogP contribution in [0.25, 0.3) is 0 Å². The summed E-state index contributed by atoms with van der Waals surface area (Å²) in [5.41, 5.74) is 1.53. The smallest absolute Gasteiger partial charge is 0.261 e. The number of epoxide rings is 1. The van der Waals surface area contributed by atoms with Crippen LogP contribution in [0.4, 0.5) is 5.69 Å². The summed E-state index contributed by atoms with van der Waals surface area (Å²) in [6.45, 7) is 0.697. The van der Waals surface area contributed by atoms with E-state index in [4.69, 9.17) is 4.74 Å². The zero-order chi connectivity index (χ0) is 14.2. The molecule has 1 unspecified atom stereocenters. The zero-order valence-corrected chi connectivity index (χ0v) is 12.8. The Bertz CT molecular complexity index is 724. The average Bonchev–Trinajstić information content (AvgIpc) is 3.23. The molecule has 6 heteroatoms. The minimum Gasteiger partial charge on any atom is -0.368 e. The Balaban J connectivity index is 1.85. The minimum atomic E-state index is -3.56. The third-order valence-electron chi connectivity index (χ3n) is 2.97. The van der Waals surface area contributed by atoms with Gasteiger partial charge in [0.1, 0.15) is 6.10 Å². The number of anilines is 1. The van der Waals surface area contributed by atoms with Gasteiger partial charge >= 0.3 is 0 Å². The molecule has 20 heavy (non-hydrogen) atoms. The third kappa shape index (κ3) is 3.03. The van der Waals surface area contributed by atoms with E-state index in [2.05, 4.69) is 20.7 Å². The molecule has 1 atom stereocenters. The van der Waals surface area contributed by atoms with Crippen LogP contribution < -0.4 is 4.72 Å². The fraction of sp³-hybridized carbons (Fsp3) is 0.143. The molecule has 1 fully saturated rings. The highest BCUT2D eigenvalue weighted by atomic mass is 79.9. The first-order valence-electron chi connectivity index (χ1n) is 6.04. The van der Waals surface area contributed by atoms with Gasteiger partial charge in [-0.1, -0.05) is 28.1 Å².